The molecule has 1 aliphatic heterocycles. The number of nitrogens with one attached hydrogen (secondary N) is 2. The number of hydrogen-bond acceptors (Lipinski definition) is 7. The van der Waals surface area contributed by atoms with Crippen molar-refractivity contribution in [2.75, 3.05) is 18.4 Å². The molecule has 3 rings (SSSR count). The van der Waals surface area contributed by atoms with Crippen LogP contribution in [0.1, 0.15) is 45.3 Å². The molecular weight excluding hydrogens is 328 g/mol. The molecule has 1 atom stereocenters. The summed E-state index contributed by atoms with van der Waals surface area (Å²) in [5, 5.41) is 7.93. The zero-order chi connectivity index (χ0) is 16.3. The first-order chi connectivity index (χ1) is 11.0. The van der Waals surface area contributed by atoms with E-state index in [0.717, 1.165) is 35.6 Å². The van der Waals surface area contributed by atoms with E-state index in [4.69, 9.17) is 4.42 Å². The summed E-state index contributed by atoms with van der Waals surface area (Å²) < 4.78 is 7.01. The van der Waals surface area contributed by atoms with E-state index >= 15 is 0 Å². The maximum atomic E-state index is 5.83. The van der Waals surface area contributed by atoms with Gasteiger partial charge in [-0.25, -0.2) is 9.97 Å². The van der Waals surface area contributed by atoms with E-state index in [2.05, 4.69) is 41.4 Å². The third kappa shape index (κ3) is 4.71. The van der Waals surface area contributed by atoms with Gasteiger partial charge in [-0.1, -0.05) is 32.1 Å². The minimum atomic E-state index is 0.00548. The highest BCUT2D eigenvalue weighted by molar-refractivity contribution is 8.00. The Labute approximate surface area is 145 Å². The number of nitrogens with zero attached hydrogens (tertiary/aromatic N) is 2. The average Bonchev–Trinajstić information content (AvgIpc) is 3.15. The van der Waals surface area contributed by atoms with Gasteiger partial charge in [0.2, 0.25) is 5.89 Å². The first-order valence-electron chi connectivity index (χ1n) is 8.02. The highest BCUT2D eigenvalue weighted by Crippen LogP contribution is 2.32. The molecule has 0 radical (unpaired) electrons. The van der Waals surface area contributed by atoms with Gasteiger partial charge in [0.1, 0.15) is 5.76 Å². The molecule has 2 aromatic rings. The second-order valence-electron chi connectivity index (χ2n) is 6.83. The number of oxazole rings is 1. The first kappa shape index (κ1) is 16.8. The molecule has 3 heterocycles. The van der Waals surface area contributed by atoms with Crippen molar-refractivity contribution in [2.24, 2.45) is 0 Å². The number of thioether (sulfide) groups is 1. The Kier molecular flexibility index (Phi) is 5.28. The Balaban J connectivity index is 1.51. The van der Waals surface area contributed by atoms with Crippen molar-refractivity contribution in [2.45, 2.75) is 55.0 Å². The van der Waals surface area contributed by atoms with Gasteiger partial charge in [0.15, 0.2) is 5.13 Å². The fraction of sp³-hybridized carbons (Fsp3) is 0.625. The summed E-state index contributed by atoms with van der Waals surface area (Å²) in [6.45, 7) is 8.54. The van der Waals surface area contributed by atoms with Gasteiger partial charge in [0, 0.05) is 18.0 Å². The Bertz CT molecular complexity index is 626. The molecule has 0 bridgehead atoms. The largest absolute Gasteiger partial charge is 0.444 e. The molecule has 0 spiro atoms. The third-order valence-electron chi connectivity index (χ3n) is 3.74. The van der Waals surface area contributed by atoms with Gasteiger partial charge in [-0.2, -0.15) is 0 Å². The zero-order valence-electron chi connectivity index (χ0n) is 13.9. The molecule has 1 saturated heterocycles. The van der Waals surface area contributed by atoms with E-state index in [9.17, 15) is 0 Å². The Morgan fingerprint density at radius 2 is 2.26 bits per heavy atom. The molecule has 0 amide bonds. The van der Waals surface area contributed by atoms with E-state index in [1.807, 2.05) is 12.4 Å². The molecule has 0 saturated carbocycles. The predicted molar refractivity (Wildman–Crippen MR) is 96.4 cm³/mol. The number of rotatable bonds is 5. The summed E-state index contributed by atoms with van der Waals surface area (Å²) in [6, 6.07) is 0.494. The van der Waals surface area contributed by atoms with Crippen molar-refractivity contribution in [1.82, 2.24) is 15.3 Å². The van der Waals surface area contributed by atoms with E-state index in [1.165, 1.54) is 17.1 Å². The number of thiazole rings is 1. The fourth-order valence-electron chi connectivity index (χ4n) is 2.40. The lowest BCUT2D eigenvalue weighted by molar-refractivity contribution is 0.391. The first-order valence-corrected chi connectivity index (χ1v) is 9.82. The maximum Gasteiger partial charge on any atom is 0.204 e. The summed E-state index contributed by atoms with van der Waals surface area (Å²) in [5.74, 6) is 2.45. The Hall–Kier alpha value is -1.05. The lowest BCUT2D eigenvalue weighted by atomic mass is 9.94. The molecule has 0 aliphatic carbocycles. The Morgan fingerprint density at radius 3 is 2.96 bits per heavy atom. The molecule has 1 fully saturated rings. The summed E-state index contributed by atoms with van der Waals surface area (Å²) in [5.41, 5.74) is 0.00548. The van der Waals surface area contributed by atoms with Gasteiger partial charge in [-0.15, -0.1) is 11.8 Å². The molecule has 0 unspecified atom stereocenters. The highest BCUT2D eigenvalue weighted by atomic mass is 32.2. The fourth-order valence-corrected chi connectivity index (χ4v) is 4.20. The van der Waals surface area contributed by atoms with Crippen LogP contribution in [0.3, 0.4) is 0 Å². The average molecular weight is 353 g/mol. The van der Waals surface area contributed by atoms with Crippen LogP contribution in [0.2, 0.25) is 0 Å². The van der Waals surface area contributed by atoms with E-state index in [0.29, 0.717) is 6.04 Å². The molecule has 1 aliphatic rings. The number of anilines is 1. The molecule has 2 aromatic heterocycles. The van der Waals surface area contributed by atoms with Crippen LogP contribution in [0.25, 0.3) is 0 Å². The maximum absolute atomic E-state index is 5.83. The zero-order valence-corrected chi connectivity index (χ0v) is 15.5. The normalized spacial score (nSPS) is 19.0. The minimum Gasteiger partial charge on any atom is -0.444 e. The van der Waals surface area contributed by atoms with Crippen molar-refractivity contribution in [1.29, 1.82) is 0 Å². The Morgan fingerprint density at radius 1 is 1.39 bits per heavy atom. The van der Waals surface area contributed by atoms with Crippen LogP contribution in [0.5, 0.6) is 0 Å². The van der Waals surface area contributed by atoms with Crippen molar-refractivity contribution < 1.29 is 4.42 Å². The minimum absolute atomic E-state index is 0.00548. The number of aromatic nitrogens is 2. The summed E-state index contributed by atoms with van der Waals surface area (Å²) in [6.07, 6.45) is 6.21. The predicted octanol–water partition coefficient (Wildman–Crippen LogP) is 3.88. The van der Waals surface area contributed by atoms with Crippen LogP contribution in [-0.2, 0) is 11.2 Å². The summed E-state index contributed by atoms with van der Waals surface area (Å²) >= 11 is 3.43. The van der Waals surface area contributed by atoms with Crippen molar-refractivity contribution in [3.05, 3.63) is 24.0 Å². The van der Waals surface area contributed by atoms with E-state index in [1.54, 1.807) is 23.1 Å². The van der Waals surface area contributed by atoms with Crippen molar-refractivity contribution >= 4 is 28.2 Å². The highest BCUT2D eigenvalue weighted by Gasteiger charge is 2.19. The van der Waals surface area contributed by atoms with Crippen LogP contribution < -0.4 is 10.6 Å². The topological polar surface area (TPSA) is 63.0 Å². The third-order valence-corrected chi connectivity index (χ3v) is 5.85. The van der Waals surface area contributed by atoms with Gasteiger partial charge in [0.05, 0.1) is 22.4 Å². The smallest absolute Gasteiger partial charge is 0.204 e. The second kappa shape index (κ2) is 7.23. The lowest BCUT2D eigenvalue weighted by Crippen LogP contribution is -2.38. The molecule has 2 N–H and O–H groups in total. The van der Waals surface area contributed by atoms with Gasteiger partial charge in [-0.05, 0) is 19.4 Å². The quantitative estimate of drug-likeness (QED) is 0.796. The molecule has 0 aromatic carbocycles. The van der Waals surface area contributed by atoms with Crippen LogP contribution in [0.4, 0.5) is 5.13 Å². The monoisotopic (exact) mass is 352 g/mol. The van der Waals surface area contributed by atoms with E-state index in [-0.39, 0.29) is 5.41 Å². The summed E-state index contributed by atoms with van der Waals surface area (Å²) in [4.78, 5) is 8.85. The van der Waals surface area contributed by atoms with Crippen LogP contribution in [0.15, 0.2) is 21.0 Å². The molecule has 23 heavy (non-hydrogen) atoms. The van der Waals surface area contributed by atoms with Gasteiger partial charge in [-0.3, -0.25) is 0 Å². The molecule has 5 nitrogen and oxygen atoms in total. The van der Waals surface area contributed by atoms with Crippen molar-refractivity contribution in [3.8, 4) is 0 Å². The van der Waals surface area contributed by atoms with Gasteiger partial charge < -0.3 is 15.1 Å². The number of hydrogen-bond donors (Lipinski definition) is 2. The molecule has 7 heteroatoms. The van der Waals surface area contributed by atoms with Crippen LogP contribution in [0, 0.1) is 0 Å². The van der Waals surface area contributed by atoms with Crippen LogP contribution in [-0.4, -0.2) is 29.1 Å². The molecule has 126 valence electrons. The number of piperidine rings is 1. The van der Waals surface area contributed by atoms with Gasteiger partial charge >= 0.3 is 0 Å². The SMILES string of the molecule is CC(C)(C)c1cnc(CSc2cnc(N[C@@H]3CCCNC3)s2)o1. The molecular formula is C16H24N4OS2. The lowest BCUT2D eigenvalue weighted by Gasteiger charge is -2.23. The van der Waals surface area contributed by atoms with Gasteiger partial charge in [0.25, 0.3) is 0 Å². The standard InChI is InChI=1S/C16H24N4OS2/c1-16(2,3)12-8-18-13(21-12)10-22-14-9-19-15(23-14)20-11-5-4-6-17-7-11/h8-9,11,17H,4-7,10H2,1-3H3,(H,19,20)/t11-/m1/s1. The second-order valence-corrected chi connectivity index (χ2v) is 9.14. The van der Waals surface area contributed by atoms with Crippen LogP contribution >= 0.6 is 23.1 Å². The van der Waals surface area contributed by atoms with Crippen molar-refractivity contribution in [3.63, 3.8) is 0 Å². The van der Waals surface area contributed by atoms with E-state index < -0.39 is 0 Å². The summed E-state index contributed by atoms with van der Waals surface area (Å²) in [7, 11) is 0.